The predicted octanol–water partition coefficient (Wildman–Crippen LogP) is -0.656. The zero-order valence-electron chi connectivity index (χ0n) is 10.8. The Kier molecular flexibility index (Phi) is 3.03. The maximum Gasteiger partial charge on any atom is 0.325 e. The van der Waals surface area contributed by atoms with E-state index >= 15 is 0 Å². The van der Waals surface area contributed by atoms with Crippen LogP contribution in [0.4, 0.5) is 0 Å². The summed E-state index contributed by atoms with van der Waals surface area (Å²) in [6.07, 6.45) is 5.00. The number of nitrogens with one attached hydrogen (secondary N) is 3. The number of carbonyl (C=O) groups is 1. The van der Waals surface area contributed by atoms with E-state index in [2.05, 4.69) is 25.3 Å². The van der Waals surface area contributed by atoms with E-state index in [4.69, 9.17) is 5.73 Å². The molecular formula is C12H16N6O2. The van der Waals surface area contributed by atoms with Gasteiger partial charge < -0.3 is 20.8 Å². The summed E-state index contributed by atoms with van der Waals surface area (Å²) in [5, 5.41) is 12.9. The molecule has 2 aromatic rings. The Labute approximate surface area is 114 Å². The molecule has 8 heteroatoms. The fourth-order valence-electron chi connectivity index (χ4n) is 2.82. The second-order valence-electron chi connectivity index (χ2n) is 4.93. The lowest BCUT2D eigenvalue weighted by molar-refractivity contribution is -0.146. The van der Waals surface area contributed by atoms with Gasteiger partial charge in [-0.3, -0.25) is 10.1 Å². The molecule has 0 fully saturated rings. The van der Waals surface area contributed by atoms with E-state index in [-0.39, 0.29) is 13.0 Å². The average molecular weight is 276 g/mol. The Morgan fingerprint density at radius 2 is 2.35 bits per heavy atom. The fraction of sp³-hybridized carbons (Fsp3) is 0.417. The highest BCUT2D eigenvalue weighted by atomic mass is 16.4. The number of nitrogens with two attached hydrogens (primary N) is 1. The average Bonchev–Trinajstić information content (AvgIpc) is 3.09. The fourth-order valence-corrected chi connectivity index (χ4v) is 2.82. The van der Waals surface area contributed by atoms with Crippen LogP contribution in [0.2, 0.25) is 0 Å². The predicted molar refractivity (Wildman–Crippen MR) is 69.9 cm³/mol. The quantitative estimate of drug-likeness (QED) is 0.503. The monoisotopic (exact) mass is 276 g/mol. The first-order valence-electron chi connectivity index (χ1n) is 6.35. The minimum atomic E-state index is -1.18. The third kappa shape index (κ3) is 1.81. The van der Waals surface area contributed by atoms with Crippen molar-refractivity contribution < 1.29 is 9.90 Å². The number of nitrogens with zero attached hydrogens (tertiary/aromatic N) is 2. The van der Waals surface area contributed by atoms with Gasteiger partial charge in [-0.05, 0) is 0 Å². The molecule has 1 aliphatic heterocycles. The van der Waals surface area contributed by atoms with Gasteiger partial charge in [-0.25, -0.2) is 9.97 Å². The molecule has 0 spiro atoms. The largest absolute Gasteiger partial charge is 0.480 e. The Morgan fingerprint density at radius 1 is 1.50 bits per heavy atom. The molecule has 8 nitrogen and oxygen atoms in total. The first-order chi connectivity index (χ1) is 9.67. The number of aliphatic carboxylic acids is 1. The highest BCUT2D eigenvalue weighted by Gasteiger charge is 2.49. The lowest BCUT2D eigenvalue weighted by Gasteiger charge is -2.39. The molecule has 0 amide bonds. The summed E-state index contributed by atoms with van der Waals surface area (Å²) in [6, 6.07) is 0. The van der Waals surface area contributed by atoms with Gasteiger partial charge in [-0.1, -0.05) is 0 Å². The van der Waals surface area contributed by atoms with Gasteiger partial charge in [0.25, 0.3) is 0 Å². The van der Waals surface area contributed by atoms with Gasteiger partial charge in [0.05, 0.1) is 24.0 Å². The first-order valence-corrected chi connectivity index (χ1v) is 6.35. The molecule has 0 aliphatic carbocycles. The van der Waals surface area contributed by atoms with Crippen LogP contribution in [0.25, 0.3) is 0 Å². The van der Waals surface area contributed by atoms with Crippen molar-refractivity contribution in [3.63, 3.8) is 0 Å². The van der Waals surface area contributed by atoms with E-state index in [9.17, 15) is 9.90 Å². The summed E-state index contributed by atoms with van der Waals surface area (Å²) in [4.78, 5) is 26.0. The van der Waals surface area contributed by atoms with Gasteiger partial charge in [-0.2, -0.15) is 0 Å². The Morgan fingerprint density at radius 3 is 3.00 bits per heavy atom. The van der Waals surface area contributed by atoms with Crippen LogP contribution in [0.1, 0.15) is 23.0 Å². The number of imidazole rings is 2. The number of H-pyrrole nitrogens is 2. The standard InChI is InChI=1S/C12H16N6O2/c13-2-7(9-3-14-5-15-9)12(11(19)20)1-8-10(4-18-12)17-6-16-8/h3,5-7,18H,1-2,4,13H2,(H,14,15)(H,16,17)(H,19,20)/t7?,12-/m1/s1. The first kappa shape index (κ1) is 12.8. The molecule has 0 aromatic carbocycles. The second-order valence-corrected chi connectivity index (χ2v) is 4.93. The lowest BCUT2D eigenvalue weighted by Crippen LogP contribution is -2.61. The third-order valence-electron chi connectivity index (χ3n) is 3.94. The van der Waals surface area contributed by atoms with Gasteiger partial charge in [0, 0.05) is 37.3 Å². The highest BCUT2D eigenvalue weighted by Crippen LogP contribution is 2.33. The number of rotatable bonds is 4. The second kappa shape index (κ2) is 4.73. The zero-order valence-corrected chi connectivity index (χ0v) is 10.8. The molecular weight excluding hydrogens is 260 g/mol. The SMILES string of the molecule is NCC(c1cnc[nH]1)[C@@]1(C(=O)O)Cc2nc[nH]c2CN1. The van der Waals surface area contributed by atoms with Crippen molar-refractivity contribution in [1.29, 1.82) is 0 Å². The van der Waals surface area contributed by atoms with Crippen LogP contribution >= 0.6 is 0 Å². The van der Waals surface area contributed by atoms with Crippen molar-refractivity contribution in [2.24, 2.45) is 5.73 Å². The normalized spacial score (nSPS) is 23.2. The number of fused-ring (bicyclic) bond motifs is 1. The molecule has 3 heterocycles. The topological polar surface area (TPSA) is 133 Å². The number of carboxylic acids is 1. The highest BCUT2D eigenvalue weighted by molar-refractivity contribution is 5.81. The van der Waals surface area contributed by atoms with Crippen LogP contribution in [-0.4, -0.2) is 43.1 Å². The molecule has 0 saturated carbocycles. The maximum atomic E-state index is 11.9. The summed E-state index contributed by atoms with van der Waals surface area (Å²) in [6.45, 7) is 0.619. The molecule has 3 rings (SSSR count). The third-order valence-corrected chi connectivity index (χ3v) is 3.94. The van der Waals surface area contributed by atoms with Crippen molar-refractivity contribution >= 4 is 5.97 Å². The molecule has 1 aliphatic rings. The van der Waals surface area contributed by atoms with E-state index in [1.54, 1.807) is 12.5 Å². The van der Waals surface area contributed by atoms with Gasteiger partial charge >= 0.3 is 5.97 Å². The van der Waals surface area contributed by atoms with Gasteiger partial charge in [-0.15, -0.1) is 0 Å². The molecule has 20 heavy (non-hydrogen) atoms. The van der Waals surface area contributed by atoms with E-state index in [0.717, 1.165) is 11.4 Å². The van der Waals surface area contributed by atoms with Gasteiger partial charge in [0.15, 0.2) is 0 Å². The summed E-state index contributed by atoms with van der Waals surface area (Å²) < 4.78 is 0. The molecule has 1 unspecified atom stereocenters. The van der Waals surface area contributed by atoms with E-state index in [1.165, 1.54) is 6.33 Å². The van der Waals surface area contributed by atoms with Crippen molar-refractivity contribution in [3.8, 4) is 0 Å². The Bertz CT molecular complexity index is 607. The summed E-state index contributed by atoms with van der Waals surface area (Å²) in [5.41, 5.74) is 7.05. The number of carboxylic acid groups (broad SMARTS) is 1. The van der Waals surface area contributed by atoms with Crippen molar-refractivity contribution in [2.75, 3.05) is 6.54 Å². The number of aromatic amines is 2. The summed E-state index contributed by atoms with van der Waals surface area (Å²) in [5.74, 6) is -1.34. The van der Waals surface area contributed by atoms with E-state index in [1.807, 2.05) is 0 Å². The molecule has 6 N–H and O–H groups in total. The minimum absolute atomic E-state index is 0.196. The molecule has 2 aromatic heterocycles. The smallest absolute Gasteiger partial charge is 0.325 e. The number of hydrogen-bond acceptors (Lipinski definition) is 5. The van der Waals surface area contributed by atoms with Crippen molar-refractivity contribution in [3.05, 3.63) is 35.9 Å². The molecule has 0 saturated heterocycles. The van der Waals surface area contributed by atoms with Crippen molar-refractivity contribution in [1.82, 2.24) is 25.3 Å². The van der Waals surface area contributed by atoms with Gasteiger partial charge in [0.2, 0.25) is 0 Å². The molecule has 2 atom stereocenters. The molecule has 0 bridgehead atoms. The van der Waals surface area contributed by atoms with E-state index in [0.29, 0.717) is 12.2 Å². The van der Waals surface area contributed by atoms with E-state index < -0.39 is 17.4 Å². The molecule has 106 valence electrons. The number of hydrogen-bond donors (Lipinski definition) is 5. The molecule has 0 radical (unpaired) electrons. The van der Waals surface area contributed by atoms with Crippen LogP contribution in [0.5, 0.6) is 0 Å². The Balaban J connectivity index is 2.03. The van der Waals surface area contributed by atoms with Crippen LogP contribution in [0.15, 0.2) is 18.9 Å². The summed E-state index contributed by atoms with van der Waals surface area (Å²) in [7, 11) is 0. The van der Waals surface area contributed by atoms with Crippen LogP contribution in [-0.2, 0) is 17.8 Å². The van der Waals surface area contributed by atoms with Crippen LogP contribution in [0.3, 0.4) is 0 Å². The zero-order chi connectivity index (χ0) is 14.2. The maximum absolute atomic E-state index is 11.9. The number of aromatic nitrogens is 4. The van der Waals surface area contributed by atoms with Crippen LogP contribution < -0.4 is 11.1 Å². The van der Waals surface area contributed by atoms with Gasteiger partial charge in [0.1, 0.15) is 5.54 Å². The summed E-state index contributed by atoms with van der Waals surface area (Å²) >= 11 is 0. The van der Waals surface area contributed by atoms with Crippen molar-refractivity contribution in [2.45, 2.75) is 24.4 Å². The minimum Gasteiger partial charge on any atom is -0.480 e. The Hall–Kier alpha value is -2.19. The lowest BCUT2D eigenvalue weighted by atomic mass is 9.76. The van der Waals surface area contributed by atoms with Crippen LogP contribution in [0, 0.1) is 0 Å².